The highest BCUT2D eigenvalue weighted by molar-refractivity contribution is 5.65. The lowest BCUT2D eigenvalue weighted by molar-refractivity contribution is 0.506. The van der Waals surface area contributed by atoms with Crippen LogP contribution < -0.4 is 4.74 Å². The second kappa shape index (κ2) is 6.79. The molecule has 0 amide bonds. The first-order valence-corrected chi connectivity index (χ1v) is 6.85. The minimum atomic E-state index is 0.890. The molecule has 0 saturated carbocycles. The highest BCUT2D eigenvalue weighted by Crippen LogP contribution is 2.26. The standard InChI is InChI=1S/C18H20O/c1-3-15(4-2)18(16-11-7-5-8-12-16)19-17-13-9-6-10-14-17/h5-14H,3-4H2,1-2H3. The summed E-state index contributed by atoms with van der Waals surface area (Å²) in [6.45, 7) is 4.35. The van der Waals surface area contributed by atoms with Gasteiger partial charge in [-0.25, -0.2) is 0 Å². The van der Waals surface area contributed by atoms with E-state index < -0.39 is 0 Å². The third-order valence-electron chi connectivity index (χ3n) is 3.17. The average molecular weight is 252 g/mol. The molecule has 0 saturated heterocycles. The summed E-state index contributed by atoms with van der Waals surface area (Å²) in [5.74, 6) is 1.89. The predicted octanol–water partition coefficient (Wildman–Crippen LogP) is 5.30. The van der Waals surface area contributed by atoms with Crippen molar-refractivity contribution in [3.8, 4) is 5.75 Å². The van der Waals surface area contributed by atoms with Gasteiger partial charge >= 0.3 is 0 Å². The molecule has 0 aliphatic rings. The summed E-state index contributed by atoms with van der Waals surface area (Å²) in [5.41, 5.74) is 2.49. The molecule has 0 N–H and O–H groups in total. The second-order valence-corrected chi connectivity index (χ2v) is 4.42. The molecule has 0 atom stereocenters. The van der Waals surface area contributed by atoms with Gasteiger partial charge in [0.15, 0.2) is 0 Å². The van der Waals surface area contributed by atoms with Crippen LogP contribution in [-0.2, 0) is 0 Å². The molecule has 0 radical (unpaired) electrons. The summed E-state index contributed by atoms with van der Waals surface area (Å²) in [7, 11) is 0. The van der Waals surface area contributed by atoms with Crippen LogP contribution in [0.2, 0.25) is 0 Å². The van der Waals surface area contributed by atoms with Crippen molar-refractivity contribution in [3.05, 3.63) is 71.8 Å². The molecule has 19 heavy (non-hydrogen) atoms. The van der Waals surface area contributed by atoms with E-state index in [1.165, 1.54) is 5.57 Å². The van der Waals surface area contributed by atoms with Crippen molar-refractivity contribution in [1.82, 2.24) is 0 Å². The Kier molecular flexibility index (Phi) is 4.79. The van der Waals surface area contributed by atoms with Gasteiger partial charge in [0.1, 0.15) is 11.5 Å². The van der Waals surface area contributed by atoms with Crippen LogP contribution in [0, 0.1) is 0 Å². The van der Waals surface area contributed by atoms with E-state index in [1.807, 2.05) is 48.5 Å². The monoisotopic (exact) mass is 252 g/mol. The molecule has 2 rings (SSSR count). The summed E-state index contributed by atoms with van der Waals surface area (Å²) in [5, 5.41) is 0. The smallest absolute Gasteiger partial charge is 0.133 e. The topological polar surface area (TPSA) is 9.23 Å². The molecule has 0 unspecified atom stereocenters. The number of allylic oxidation sites excluding steroid dienone is 1. The summed E-state index contributed by atoms with van der Waals surface area (Å²) in [6.07, 6.45) is 2.02. The predicted molar refractivity (Wildman–Crippen MR) is 81.0 cm³/mol. The van der Waals surface area contributed by atoms with Crippen LogP contribution in [0.1, 0.15) is 32.3 Å². The number of para-hydroxylation sites is 1. The van der Waals surface area contributed by atoms with Crippen molar-refractivity contribution >= 4 is 5.76 Å². The van der Waals surface area contributed by atoms with Crippen molar-refractivity contribution in [1.29, 1.82) is 0 Å². The average Bonchev–Trinajstić information content (AvgIpc) is 2.49. The molecule has 0 bridgehead atoms. The number of hydrogen-bond donors (Lipinski definition) is 0. The van der Waals surface area contributed by atoms with E-state index in [1.54, 1.807) is 0 Å². The largest absolute Gasteiger partial charge is 0.457 e. The van der Waals surface area contributed by atoms with Gasteiger partial charge in [-0.15, -0.1) is 0 Å². The molecule has 0 spiro atoms. The first-order valence-electron chi connectivity index (χ1n) is 6.85. The molecule has 98 valence electrons. The third-order valence-corrected chi connectivity index (χ3v) is 3.17. The van der Waals surface area contributed by atoms with Gasteiger partial charge in [-0.3, -0.25) is 0 Å². The van der Waals surface area contributed by atoms with E-state index in [2.05, 4.69) is 26.0 Å². The van der Waals surface area contributed by atoms with Crippen molar-refractivity contribution in [2.75, 3.05) is 0 Å². The van der Waals surface area contributed by atoms with E-state index in [0.717, 1.165) is 29.9 Å². The first-order chi connectivity index (χ1) is 9.35. The molecule has 2 aromatic rings. The minimum Gasteiger partial charge on any atom is -0.457 e. The maximum atomic E-state index is 6.12. The van der Waals surface area contributed by atoms with Crippen LogP contribution in [-0.4, -0.2) is 0 Å². The highest BCUT2D eigenvalue weighted by atomic mass is 16.5. The van der Waals surface area contributed by atoms with Crippen LogP contribution in [0.15, 0.2) is 66.2 Å². The fourth-order valence-electron chi connectivity index (χ4n) is 2.10. The number of rotatable bonds is 5. The summed E-state index contributed by atoms with van der Waals surface area (Å²) < 4.78 is 6.12. The second-order valence-electron chi connectivity index (χ2n) is 4.42. The Morgan fingerprint density at radius 1 is 0.789 bits per heavy atom. The van der Waals surface area contributed by atoms with Gasteiger partial charge in [-0.1, -0.05) is 62.4 Å². The fraction of sp³-hybridized carbons (Fsp3) is 0.222. The zero-order chi connectivity index (χ0) is 13.5. The van der Waals surface area contributed by atoms with Crippen LogP contribution in [0.4, 0.5) is 0 Å². The Hall–Kier alpha value is -2.02. The molecular formula is C18H20O. The van der Waals surface area contributed by atoms with Crippen molar-refractivity contribution in [2.45, 2.75) is 26.7 Å². The van der Waals surface area contributed by atoms with Gasteiger partial charge in [0, 0.05) is 5.56 Å². The summed E-state index contributed by atoms with van der Waals surface area (Å²) >= 11 is 0. The summed E-state index contributed by atoms with van der Waals surface area (Å²) in [6, 6.07) is 20.3. The maximum Gasteiger partial charge on any atom is 0.133 e. The van der Waals surface area contributed by atoms with E-state index in [0.29, 0.717) is 0 Å². The van der Waals surface area contributed by atoms with Gasteiger partial charge in [-0.05, 0) is 30.5 Å². The number of benzene rings is 2. The molecular weight excluding hydrogens is 232 g/mol. The van der Waals surface area contributed by atoms with Gasteiger partial charge in [-0.2, -0.15) is 0 Å². The highest BCUT2D eigenvalue weighted by Gasteiger charge is 2.09. The molecule has 0 aliphatic carbocycles. The fourth-order valence-corrected chi connectivity index (χ4v) is 2.10. The lowest BCUT2D eigenvalue weighted by Gasteiger charge is -2.15. The van der Waals surface area contributed by atoms with Gasteiger partial charge in [0.05, 0.1) is 0 Å². The van der Waals surface area contributed by atoms with Crippen molar-refractivity contribution in [3.63, 3.8) is 0 Å². The Morgan fingerprint density at radius 2 is 1.32 bits per heavy atom. The van der Waals surface area contributed by atoms with Crippen molar-refractivity contribution in [2.24, 2.45) is 0 Å². The summed E-state index contributed by atoms with van der Waals surface area (Å²) in [4.78, 5) is 0. The zero-order valence-electron chi connectivity index (χ0n) is 11.6. The SMILES string of the molecule is CCC(CC)=C(Oc1ccccc1)c1ccccc1. The molecule has 0 heterocycles. The van der Waals surface area contributed by atoms with Gasteiger partial charge in [0.2, 0.25) is 0 Å². The molecule has 0 fully saturated rings. The normalized spacial score (nSPS) is 10.0. The van der Waals surface area contributed by atoms with Gasteiger partial charge < -0.3 is 4.74 Å². The van der Waals surface area contributed by atoms with E-state index in [4.69, 9.17) is 4.74 Å². The van der Waals surface area contributed by atoms with E-state index >= 15 is 0 Å². The zero-order valence-corrected chi connectivity index (χ0v) is 11.6. The van der Waals surface area contributed by atoms with Crippen LogP contribution in [0.25, 0.3) is 5.76 Å². The molecule has 1 heteroatoms. The molecule has 2 aromatic carbocycles. The molecule has 1 nitrogen and oxygen atoms in total. The molecule has 0 aromatic heterocycles. The number of hydrogen-bond acceptors (Lipinski definition) is 1. The van der Waals surface area contributed by atoms with Crippen LogP contribution in [0.5, 0.6) is 5.75 Å². The Morgan fingerprint density at radius 3 is 1.84 bits per heavy atom. The van der Waals surface area contributed by atoms with E-state index in [-0.39, 0.29) is 0 Å². The number of ether oxygens (including phenoxy) is 1. The third kappa shape index (κ3) is 3.47. The molecule has 0 aliphatic heterocycles. The minimum absolute atomic E-state index is 0.890. The quantitative estimate of drug-likeness (QED) is 0.656. The Bertz CT molecular complexity index is 520. The lowest BCUT2D eigenvalue weighted by Crippen LogP contribution is -1.99. The van der Waals surface area contributed by atoms with E-state index in [9.17, 15) is 0 Å². The van der Waals surface area contributed by atoms with Crippen molar-refractivity contribution < 1.29 is 4.74 Å². The van der Waals surface area contributed by atoms with Crippen LogP contribution >= 0.6 is 0 Å². The Labute approximate surface area is 115 Å². The van der Waals surface area contributed by atoms with Crippen LogP contribution in [0.3, 0.4) is 0 Å². The first kappa shape index (κ1) is 13.4. The van der Waals surface area contributed by atoms with Gasteiger partial charge in [0.25, 0.3) is 0 Å². The Balaban J connectivity index is 2.39. The maximum absolute atomic E-state index is 6.12. The lowest BCUT2D eigenvalue weighted by atomic mass is 10.0.